The maximum absolute atomic E-state index is 13.5. The number of hydrogen-bond acceptors (Lipinski definition) is 3. The Kier molecular flexibility index (Phi) is 4.88. The number of amides is 1. The Hall–Kier alpha value is -2.40. The first-order chi connectivity index (χ1) is 11.2. The minimum absolute atomic E-state index is 0.0671. The van der Waals surface area contributed by atoms with E-state index in [0.29, 0.717) is 6.54 Å². The van der Waals surface area contributed by atoms with Crippen LogP contribution in [-0.4, -0.2) is 32.2 Å². The van der Waals surface area contributed by atoms with Crippen molar-refractivity contribution in [3.8, 4) is 0 Å². The molecule has 1 heterocycles. The molecular weight excluding hydrogens is 295 g/mol. The molecule has 1 saturated heterocycles. The van der Waals surface area contributed by atoms with Crippen LogP contribution in [-0.2, 0) is 11.3 Å². The Morgan fingerprint density at radius 1 is 1.09 bits per heavy atom. The summed E-state index contributed by atoms with van der Waals surface area (Å²) in [6, 6.07) is 14.0. The summed E-state index contributed by atoms with van der Waals surface area (Å²) in [5.41, 5.74) is 2.20. The van der Waals surface area contributed by atoms with Gasteiger partial charge >= 0.3 is 0 Å². The first-order valence-electron chi connectivity index (χ1n) is 7.68. The first kappa shape index (κ1) is 15.5. The minimum Gasteiger partial charge on any atom is -0.378 e. The van der Waals surface area contributed by atoms with Gasteiger partial charge in [-0.1, -0.05) is 24.3 Å². The molecule has 0 atom stereocenters. The fraction of sp³-hybridized carbons (Fsp3) is 0.278. The molecule has 1 aliphatic rings. The standard InChI is InChI=1S/C18H19FN2O2/c19-17-4-2-1-3-16(17)18(22)20-13-14-5-7-15(8-6-14)21-9-11-23-12-10-21/h1-8H,9-13H2,(H,20,22). The summed E-state index contributed by atoms with van der Waals surface area (Å²) in [6.07, 6.45) is 0. The number of nitrogens with one attached hydrogen (secondary N) is 1. The largest absolute Gasteiger partial charge is 0.378 e. The third-order valence-corrected chi connectivity index (χ3v) is 3.88. The molecule has 0 aromatic heterocycles. The number of morpholine rings is 1. The Morgan fingerprint density at radius 2 is 1.78 bits per heavy atom. The van der Waals surface area contributed by atoms with Crippen LogP contribution in [0.25, 0.3) is 0 Å². The van der Waals surface area contributed by atoms with Gasteiger partial charge in [0, 0.05) is 25.3 Å². The van der Waals surface area contributed by atoms with Gasteiger partial charge in [-0.15, -0.1) is 0 Å². The summed E-state index contributed by atoms with van der Waals surface area (Å²) in [7, 11) is 0. The van der Waals surface area contributed by atoms with Gasteiger partial charge in [0.05, 0.1) is 18.8 Å². The Balaban J connectivity index is 1.58. The quantitative estimate of drug-likeness (QED) is 0.943. The van der Waals surface area contributed by atoms with Crippen molar-refractivity contribution < 1.29 is 13.9 Å². The van der Waals surface area contributed by atoms with Crippen molar-refractivity contribution in [2.24, 2.45) is 0 Å². The van der Waals surface area contributed by atoms with Crippen LogP contribution in [0.4, 0.5) is 10.1 Å². The summed E-state index contributed by atoms with van der Waals surface area (Å²) >= 11 is 0. The molecule has 0 saturated carbocycles. The highest BCUT2D eigenvalue weighted by Gasteiger charge is 2.12. The summed E-state index contributed by atoms with van der Waals surface area (Å²) < 4.78 is 18.9. The minimum atomic E-state index is -0.507. The van der Waals surface area contributed by atoms with E-state index in [1.807, 2.05) is 24.3 Å². The molecule has 4 nitrogen and oxygen atoms in total. The summed E-state index contributed by atoms with van der Waals surface area (Å²) in [5, 5.41) is 2.74. The fourth-order valence-corrected chi connectivity index (χ4v) is 2.57. The number of anilines is 1. The van der Waals surface area contributed by atoms with E-state index in [1.54, 1.807) is 12.1 Å². The van der Waals surface area contributed by atoms with Gasteiger partial charge in [-0.05, 0) is 29.8 Å². The highest BCUT2D eigenvalue weighted by Crippen LogP contribution is 2.16. The number of carbonyl (C=O) groups is 1. The zero-order chi connectivity index (χ0) is 16.1. The van der Waals surface area contributed by atoms with Gasteiger partial charge in [0.2, 0.25) is 0 Å². The van der Waals surface area contributed by atoms with Crippen LogP contribution in [0.5, 0.6) is 0 Å². The maximum Gasteiger partial charge on any atom is 0.254 e. The molecular formula is C18H19FN2O2. The van der Waals surface area contributed by atoms with E-state index in [2.05, 4.69) is 10.2 Å². The number of ether oxygens (including phenoxy) is 1. The van der Waals surface area contributed by atoms with Gasteiger partial charge in [-0.25, -0.2) is 4.39 Å². The molecule has 1 amide bonds. The molecule has 1 fully saturated rings. The van der Waals surface area contributed by atoms with Crippen molar-refractivity contribution in [2.75, 3.05) is 31.2 Å². The van der Waals surface area contributed by atoms with Crippen LogP contribution in [0.1, 0.15) is 15.9 Å². The Bertz CT molecular complexity index is 667. The summed E-state index contributed by atoms with van der Waals surface area (Å²) in [5.74, 6) is -0.909. The van der Waals surface area contributed by atoms with Crippen LogP contribution in [0, 0.1) is 5.82 Å². The second-order valence-electron chi connectivity index (χ2n) is 5.43. The number of rotatable bonds is 4. The zero-order valence-corrected chi connectivity index (χ0v) is 12.8. The van der Waals surface area contributed by atoms with Crippen molar-refractivity contribution >= 4 is 11.6 Å². The second-order valence-corrected chi connectivity index (χ2v) is 5.43. The van der Waals surface area contributed by atoms with Gasteiger partial charge in [-0.2, -0.15) is 0 Å². The lowest BCUT2D eigenvalue weighted by Gasteiger charge is -2.28. The van der Waals surface area contributed by atoms with Gasteiger partial charge in [-0.3, -0.25) is 4.79 Å². The lowest BCUT2D eigenvalue weighted by Crippen LogP contribution is -2.36. The number of benzene rings is 2. The number of carbonyl (C=O) groups excluding carboxylic acids is 1. The molecule has 0 bridgehead atoms. The molecule has 0 radical (unpaired) electrons. The number of hydrogen-bond donors (Lipinski definition) is 1. The second kappa shape index (κ2) is 7.24. The molecule has 120 valence electrons. The summed E-state index contributed by atoms with van der Waals surface area (Å²) in [4.78, 5) is 14.2. The van der Waals surface area contributed by atoms with Crippen LogP contribution in [0.3, 0.4) is 0 Å². The van der Waals surface area contributed by atoms with E-state index >= 15 is 0 Å². The highest BCUT2D eigenvalue weighted by molar-refractivity contribution is 5.94. The molecule has 1 aliphatic heterocycles. The van der Waals surface area contributed by atoms with Gasteiger partial charge in [0.1, 0.15) is 5.82 Å². The molecule has 0 spiro atoms. The third kappa shape index (κ3) is 3.87. The lowest BCUT2D eigenvalue weighted by molar-refractivity contribution is 0.0947. The van der Waals surface area contributed by atoms with Crippen LogP contribution in [0.2, 0.25) is 0 Å². The van der Waals surface area contributed by atoms with Crippen molar-refractivity contribution in [3.05, 3.63) is 65.5 Å². The van der Waals surface area contributed by atoms with Crippen LogP contribution < -0.4 is 10.2 Å². The molecule has 23 heavy (non-hydrogen) atoms. The smallest absolute Gasteiger partial charge is 0.254 e. The van der Waals surface area contributed by atoms with E-state index in [9.17, 15) is 9.18 Å². The van der Waals surface area contributed by atoms with Crippen LogP contribution in [0.15, 0.2) is 48.5 Å². The van der Waals surface area contributed by atoms with Gasteiger partial charge < -0.3 is 15.0 Å². The van der Waals surface area contributed by atoms with E-state index in [-0.39, 0.29) is 5.56 Å². The lowest BCUT2D eigenvalue weighted by atomic mass is 10.1. The molecule has 2 aromatic rings. The van der Waals surface area contributed by atoms with Gasteiger partial charge in [0.15, 0.2) is 0 Å². The Labute approximate surface area is 134 Å². The molecule has 0 aliphatic carbocycles. The SMILES string of the molecule is O=C(NCc1ccc(N2CCOCC2)cc1)c1ccccc1F. The predicted octanol–water partition coefficient (Wildman–Crippen LogP) is 2.59. The molecule has 2 aromatic carbocycles. The Morgan fingerprint density at radius 3 is 2.48 bits per heavy atom. The highest BCUT2D eigenvalue weighted by atomic mass is 19.1. The predicted molar refractivity (Wildman–Crippen MR) is 87.0 cm³/mol. The third-order valence-electron chi connectivity index (χ3n) is 3.88. The normalized spacial score (nSPS) is 14.6. The monoisotopic (exact) mass is 314 g/mol. The van der Waals surface area contributed by atoms with Crippen molar-refractivity contribution in [1.82, 2.24) is 5.32 Å². The maximum atomic E-state index is 13.5. The van der Waals surface area contributed by atoms with Crippen molar-refractivity contribution in [1.29, 1.82) is 0 Å². The number of halogens is 1. The fourth-order valence-electron chi connectivity index (χ4n) is 2.57. The van der Waals surface area contributed by atoms with Crippen molar-refractivity contribution in [3.63, 3.8) is 0 Å². The average molecular weight is 314 g/mol. The average Bonchev–Trinajstić information content (AvgIpc) is 2.61. The summed E-state index contributed by atoms with van der Waals surface area (Å²) in [6.45, 7) is 3.66. The molecule has 3 rings (SSSR count). The van der Waals surface area contributed by atoms with E-state index in [1.165, 1.54) is 12.1 Å². The number of nitrogens with zero attached hydrogens (tertiary/aromatic N) is 1. The van der Waals surface area contributed by atoms with E-state index in [4.69, 9.17) is 4.74 Å². The first-order valence-corrected chi connectivity index (χ1v) is 7.68. The van der Waals surface area contributed by atoms with Crippen molar-refractivity contribution in [2.45, 2.75) is 6.54 Å². The molecule has 5 heteroatoms. The topological polar surface area (TPSA) is 41.6 Å². The zero-order valence-electron chi connectivity index (χ0n) is 12.8. The molecule has 1 N–H and O–H groups in total. The van der Waals surface area contributed by atoms with Gasteiger partial charge in [0.25, 0.3) is 5.91 Å². The van der Waals surface area contributed by atoms with E-state index in [0.717, 1.165) is 37.6 Å². The molecule has 0 unspecified atom stereocenters. The van der Waals surface area contributed by atoms with E-state index < -0.39 is 11.7 Å². The van der Waals surface area contributed by atoms with Crippen LogP contribution >= 0.6 is 0 Å².